The Morgan fingerprint density at radius 2 is 1.40 bits per heavy atom. The number of nitrogens with two attached hydrogens (primary N) is 1. The van der Waals surface area contributed by atoms with E-state index >= 15 is 0 Å². The van der Waals surface area contributed by atoms with Crippen molar-refractivity contribution in [3.8, 4) is 0 Å². The van der Waals surface area contributed by atoms with E-state index in [1.807, 2.05) is 88.4 Å². The van der Waals surface area contributed by atoms with E-state index in [4.69, 9.17) is 10.5 Å². The summed E-state index contributed by atoms with van der Waals surface area (Å²) in [5, 5.41) is 16.3. The fraction of sp³-hybridized carbons (Fsp3) is 0.444. The quantitative estimate of drug-likeness (QED) is 0.146. The van der Waals surface area contributed by atoms with Gasteiger partial charge in [0.2, 0.25) is 15.9 Å². The van der Waals surface area contributed by atoms with Gasteiger partial charge in [-0.2, -0.15) is 4.31 Å². The number of nitrogens with one attached hydrogen (secondary N) is 2. The van der Waals surface area contributed by atoms with Gasteiger partial charge in [-0.1, -0.05) is 88.4 Å². The van der Waals surface area contributed by atoms with Crippen molar-refractivity contribution >= 4 is 27.7 Å². The lowest BCUT2D eigenvalue weighted by atomic mass is 9.84. The van der Waals surface area contributed by atoms with Crippen LogP contribution in [0.1, 0.15) is 64.0 Å². The van der Waals surface area contributed by atoms with Crippen LogP contribution in [-0.2, 0) is 19.6 Å². The van der Waals surface area contributed by atoms with Crippen LogP contribution < -0.4 is 16.4 Å². The molecule has 11 heteroatoms. The van der Waals surface area contributed by atoms with Crippen LogP contribution in [0, 0.1) is 11.8 Å². The largest absolute Gasteiger partial charge is 0.453 e. The molecule has 0 aliphatic carbocycles. The van der Waals surface area contributed by atoms with Crippen LogP contribution in [0.4, 0.5) is 10.5 Å². The van der Waals surface area contributed by atoms with Gasteiger partial charge in [0.1, 0.15) is 6.04 Å². The summed E-state index contributed by atoms with van der Waals surface area (Å²) in [6, 6.07) is 23.2. The topological polar surface area (TPSA) is 151 Å². The second kappa shape index (κ2) is 17.8. The van der Waals surface area contributed by atoms with Gasteiger partial charge in [-0.05, 0) is 66.5 Å². The van der Waals surface area contributed by atoms with E-state index in [-0.39, 0.29) is 41.8 Å². The molecular weight excluding hydrogens is 616 g/mol. The molecular formula is C36H50N4O6S. The standard InChI is InChI=1S/C36H50N4O6S/c1-25(2)23-40(47(44,45)31-21-19-29(37)20-22-31)30(24-41)17-12-18-32(26(3)4)38-35(42)34(39-36(43)46-5)33(27-13-8-6-9-14-27)28-15-10-7-11-16-28/h6-11,13-16,19-22,25-26,30,32-34,41H,12,17-18,23-24,37H2,1-5H3,(H,38,42)(H,39,43). The van der Waals surface area contributed by atoms with Gasteiger partial charge in [0.25, 0.3) is 0 Å². The van der Waals surface area contributed by atoms with Gasteiger partial charge in [0.05, 0.1) is 18.6 Å². The van der Waals surface area contributed by atoms with E-state index in [9.17, 15) is 23.1 Å². The number of nitrogen functional groups attached to an aromatic ring is 1. The number of carbonyl (C=O) groups excluding carboxylic acids is 2. The maximum absolute atomic E-state index is 14.1. The number of aliphatic hydroxyl groups is 1. The van der Waals surface area contributed by atoms with Crippen molar-refractivity contribution in [3.63, 3.8) is 0 Å². The molecule has 0 aliphatic rings. The molecule has 10 nitrogen and oxygen atoms in total. The lowest BCUT2D eigenvalue weighted by molar-refractivity contribution is -0.124. The molecule has 0 saturated carbocycles. The number of sulfonamides is 1. The molecule has 3 rings (SSSR count). The average molecular weight is 667 g/mol. The average Bonchev–Trinajstić information content (AvgIpc) is 3.05. The van der Waals surface area contributed by atoms with Gasteiger partial charge >= 0.3 is 6.09 Å². The molecule has 3 atom stereocenters. The van der Waals surface area contributed by atoms with Gasteiger partial charge in [-0.15, -0.1) is 0 Å². The van der Waals surface area contributed by atoms with E-state index in [0.29, 0.717) is 24.9 Å². The fourth-order valence-corrected chi connectivity index (χ4v) is 7.52. The van der Waals surface area contributed by atoms with Gasteiger partial charge in [-0.25, -0.2) is 13.2 Å². The molecule has 0 aliphatic heterocycles. The van der Waals surface area contributed by atoms with Crippen LogP contribution in [0.3, 0.4) is 0 Å². The molecule has 256 valence electrons. The normalized spacial score (nSPS) is 13.8. The summed E-state index contributed by atoms with van der Waals surface area (Å²) in [4.78, 5) is 26.7. The first kappa shape index (κ1) is 37.5. The predicted molar refractivity (Wildman–Crippen MR) is 185 cm³/mol. The number of amides is 2. The molecule has 0 bridgehead atoms. The van der Waals surface area contributed by atoms with E-state index in [1.54, 1.807) is 12.1 Å². The zero-order valence-corrected chi connectivity index (χ0v) is 28.8. The Bertz CT molecular complexity index is 1460. The van der Waals surface area contributed by atoms with E-state index in [1.165, 1.54) is 23.5 Å². The van der Waals surface area contributed by atoms with Crippen molar-refractivity contribution < 1.29 is 27.9 Å². The van der Waals surface area contributed by atoms with Gasteiger partial charge in [0.15, 0.2) is 0 Å². The summed E-state index contributed by atoms with van der Waals surface area (Å²) >= 11 is 0. The number of anilines is 1. The fourth-order valence-electron chi connectivity index (χ4n) is 5.71. The van der Waals surface area contributed by atoms with Gasteiger partial charge < -0.3 is 26.2 Å². The lowest BCUT2D eigenvalue weighted by Gasteiger charge is -2.33. The first-order valence-corrected chi connectivity index (χ1v) is 17.6. The molecule has 0 aromatic heterocycles. The molecule has 2 amide bonds. The number of benzene rings is 3. The number of ether oxygens (including phenoxy) is 1. The minimum Gasteiger partial charge on any atom is -0.453 e. The number of carbonyl (C=O) groups is 2. The number of rotatable bonds is 17. The number of alkyl carbamates (subject to hydrolysis) is 1. The maximum Gasteiger partial charge on any atom is 0.407 e. The third-order valence-electron chi connectivity index (χ3n) is 8.23. The van der Waals surface area contributed by atoms with Crippen molar-refractivity contribution in [2.24, 2.45) is 11.8 Å². The Hall–Kier alpha value is -3.93. The van der Waals surface area contributed by atoms with Crippen molar-refractivity contribution in [2.75, 3.05) is 26.0 Å². The number of nitrogens with zero attached hydrogens (tertiary/aromatic N) is 1. The summed E-state index contributed by atoms with van der Waals surface area (Å²) in [5.74, 6) is -0.802. The smallest absolute Gasteiger partial charge is 0.407 e. The summed E-state index contributed by atoms with van der Waals surface area (Å²) in [6.45, 7) is 7.76. The Balaban J connectivity index is 1.83. The maximum atomic E-state index is 14.1. The molecule has 3 aromatic rings. The van der Waals surface area contributed by atoms with Crippen LogP contribution in [-0.4, -0.2) is 68.2 Å². The van der Waals surface area contributed by atoms with Gasteiger partial charge in [-0.3, -0.25) is 4.79 Å². The number of aliphatic hydroxyl groups excluding tert-OH is 1. The Labute approximate surface area is 279 Å². The van der Waals surface area contributed by atoms with E-state index in [0.717, 1.165) is 11.1 Å². The molecule has 0 heterocycles. The second-order valence-electron chi connectivity index (χ2n) is 12.6. The highest BCUT2D eigenvalue weighted by molar-refractivity contribution is 7.89. The first-order valence-electron chi connectivity index (χ1n) is 16.1. The highest BCUT2D eigenvalue weighted by Crippen LogP contribution is 2.29. The third-order valence-corrected chi connectivity index (χ3v) is 10.2. The first-order chi connectivity index (χ1) is 22.4. The summed E-state index contributed by atoms with van der Waals surface area (Å²) < 4.78 is 33.7. The van der Waals surface area contributed by atoms with Crippen molar-refractivity contribution in [3.05, 3.63) is 96.1 Å². The predicted octanol–water partition coefficient (Wildman–Crippen LogP) is 5.14. The van der Waals surface area contributed by atoms with Crippen LogP contribution in [0.5, 0.6) is 0 Å². The molecule has 0 radical (unpaired) electrons. The SMILES string of the molecule is COC(=O)NC(C(=O)NC(CCCC(CO)N(CC(C)C)S(=O)(=O)c1ccc(N)cc1)C(C)C)C(c1ccccc1)c1ccccc1. The molecule has 47 heavy (non-hydrogen) atoms. The summed E-state index contributed by atoms with van der Waals surface area (Å²) in [6.07, 6.45) is 0.734. The Morgan fingerprint density at radius 1 is 0.851 bits per heavy atom. The molecule has 3 aromatic carbocycles. The monoisotopic (exact) mass is 666 g/mol. The molecule has 0 spiro atoms. The van der Waals surface area contributed by atoms with Crippen molar-refractivity contribution in [2.45, 2.75) is 75.9 Å². The molecule has 0 fully saturated rings. The third kappa shape index (κ3) is 10.5. The highest BCUT2D eigenvalue weighted by Gasteiger charge is 2.35. The Morgan fingerprint density at radius 3 is 1.87 bits per heavy atom. The van der Waals surface area contributed by atoms with Crippen molar-refractivity contribution in [1.82, 2.24) is 14.9 Å². The number of hydrogen-bond donors (Lipinski definition) is 4. The van der Waals surface area contributed by atoms with Crippen LogP contribution in [0.25, 0.3) is 0 Å². The van der Waals surface area contributed by atoms with Gasteiger partial charge in [0, 0.05) is 30.2 Å². The van der Waals surface area contributed by atoms with E-state index in [2.05, 4.69) is 10.6 Å². The second-order valence-corrected chi connectivity index (χ2v) is 14.5. The summed E-state index contributed by atoms with van der Waals surface area (Å²) in [7, 11) is -2.64. The highest BCUT2D eigenvalue weighted by atomic mass is 32.2. The summed E-state index contributed by atoms with van der Waals surface area (Å²) in [5.41, 5.74) is 7.96. The zero-order valence-electron chi connectivity index (χ0n) is 28.0. The number of hydrogen-bond acceptors (Lipinski definition) is 7. The van der Waals surface area contributed by atoms with Crippen LogP contribution in [0.2, 0.25) is 0 Å². The minimum atomic E-state index is -3.90. The minimum absolute atomic E-state index is 0.0247. The zero-order chi connectivity index (χ0) is 34.6. The molecule has 5 N–H and O–H groups in total. The van der Waals surface area contributed by atoms with Crippen molar-refractivity contribution in [1.29, 1.82) is 0 Å². The number of methoxy groups -OCH3 is 1. The molecule has 3 unspecified atom stereocenters. The Kier molecular flexibility index (Phi) is 14.2. The van der Waals surface area contributed by atoms with E-state index < -0.39 is 34.1 Å². The van der Waals surface area contributed by atoms with Crippen LogP contribution in [0.15, 0.2) is 89.8 Å². The lowest BCUT2D eigenvalue weighted by Crippen LogP contribution is -2.53. The molecule has 0 saturated heterocycles. The van der Waals surface area contributed by atoms with Crippen LogP contribution >= 0.6 is 0 Å².